The van der Waals surface area contributed by atoms with Crippen molar-refractivity contribution in [2.45, 2.75) is 26.2 Å². The Morgan fingerprint density at radius 1 is 1.45 bits per heavy atom. The molecule has 2 aromatic rings. The summed E-state index contributed by atoms with van der Waals surface area (Å²) in [7, 11) is 0. The molecule has 0 aliphatic heterocycles. The van der Waals surface area contributed by atoms with Crippen molar-refractivity contribution in [2.24, 2.45) is 11.8 Å². The van der Waals surface area contributed by atoms with Gasteiger partial charge in [-0.2, -0.15) is 0 Å². The number of carbonyl (C=O) groups excluding carboxylic acids is 1. The van der Waals surface area contributed by atoms with Gasteiger partial charge in [-0.1, -0.05) is 31.9 Å². The van der Waals surface area contributed by atoms with Crippen LogP contribution in [0.15, 0.2) is 24.3 Å². The lowest BCUT2D eigenvalue weighted by molar-refractivity contribution is 0.0940. The van der Waals surface area contributed by atoms with Gasteiger partial charge < -0.3 is 16.0 Å². The van der Waals surface area contributed by atoms with Gasteiger partial charge in [0.25, 0.3) is 5.91 Å². The molecule has 1 aromatic heterocycles. The van der Waals surface area contributed by atoms with Crippen molar-refractivity contribution in [3.8, 4) is 0 Å². The maximum absolute atomic E-state index is 12.2. The highest BCUT2D eigenvalue weighted by molar-refractivity contribution is 6.00. The number of nitrogens with one attached hydrogen (secondary N) is 2. The topological polar surface area (TPSA) is 70.9 Å². The fourth-order valence-electron chi connectivity index (χ4n) is 3.15. The molecule has 0 spiro atoms. The fraction of sp³-hybridized carbons (Fsp3) is 0.438. The van der Waals surface area contributed by atoms with Crippen molar-refractivity contribution >= 4 is 22.5 Å². The molecule has 1 aromatic carbocycles. The molecular weight excluding hydrogens is 250 g/mol. The second kappa shape index (κ2) is 5.19. The van der Waals surface area contributed by atoms with E-state index in [0.717, 1.165) is 17.4 Å². The van der Waals surface area contributed by atoms with E-state index in [4.69, 9.17) is 5.73 Å². The molecule has 106 valence electrons. The second-order valence-electron chi connectivity index (χ2n) is 5.87. The zero-order valence-corrected chi connectivity index (χ0v) is 11.8. The van der Waals surface area contributed by atoms with Gasteiger partial charge in [-0.3, -0.25) is 4.79 Å². The summed E-state index contributed by atoms with van der Waals surface area (Å²) < 4.78 is 0. The Kier molecular flexibility index (Phi) is 3.38. The molecule has 1 aliphatic rings. The summed E-state index contributed by atoms with van der Waals surface area (Å²) in [6.07, 6.45) is 3.79. The zero-order valence-electron chi connectivity index (χ0n) is 11.8. The molecule has 3 rings (SSSR count). The first-order chi connectivity index (χ1) is 9.65. The number of hydrogen-bond donors (Lipinski definition) is 3. The third kappa shape index (κ3) is 2.38. The number of nitrogen functional groups attached to an aromatic ring is 1. The molecule has 1 heterocycles. The number of benzene rings is 1. The van der Waals surface area contributed by atoms with E-state index in [-0.39, 0.29) is 5.91 Å². The molecule has 2 unspecified atom stereocenters. The van der Waals surface area contributed by atoms with Crippen LogP contribution in [0.5, 0.6) is 0 Å². The average molecular weight is 271 g/mol. The highest BCUT2D eigenvalue weighted by atomic mass is 16.1. The largest absolute Gasteiger partial charge is 0.397 e. The molecule has 4 nitrogen and oxygen atoms in total. The van der Waals surface area contributed by atoms with E-state index < -0.39 is 0 Å². The number of amides is 1. The maximum Gasteiger partial charge on any atom is 0.267 e. The van der Waals surface area contributed by atoms with Gasteiger partial charge in [0.05, 0.1) is 11.2 Å². The number of aromatic nitrogens is 1. The number of H-pyrrole nitrogens is 1. The minimum absolute atomic E-state index is 0.0419. The SMILES string of the molecule is CC1CCCC1CNC(=O)c1cc2cccc(N)c2[nH]1. The molecule has 20 heavy (non-hydrogen) atoms. The Bertz CT molecular complexity index is 632. The average Bonchev–Trinajstić information content (AvgIpc) is 3.03. The summed E-state index contributed by atoms with van der Waals surface area (Å²) in [5, 5.41) is 4.02. The first-order valence-electron chi connectivity index (χ1n) is 7.30. The first kappa shape index (κ1) is 13.0. The van der Waals surface area contributed by atoms with E-state index in [9.17, 15) is 4.79 Å². The minimum Gasteiger partial charge on any atom is -0.397 e. The molecule has 2 atom stereocenters. The number of hydrogen-bond acceptors (Lipinski definition) is 2. The number of para-hydroxylation sites is 1. The number of carbonyl (C=O) groups is 1. The van der Waals surface area contributed by atoms with Gasteiger partial charge in [0.2, 0.25) is 0 Å². The Hall–Kier alpha value is -1.97. The summed E-state index contributed by atoms with van der Waals surface area (Å²) in [6.45, 7) is 3.04. The van der Waals surface area contributed by atoms with Crippen LogP contribution < -0.4 is 11.1 Å². The number of rotatable bonds is 3. The van der Waals surface area contributed by atoms with E-state index in [1.165, 1.54) is 19.3 Å². The standard InChI is InChI=1S/C16H21N3O/c1-10-4-2-6-12(10)9-18-16(20)14-8-11-5-3-7-13(17)15(11)19-14/h3,5,7-8,10,12,19H,2,4,6,9,17H2,1H3,(H,18,20). The predicted octanol–water partition coefficient (Wildman–Crippen LogP) is 2.92. The molecule has 1 aliphatic carbocycles. The third-order valence-electron chi connectivity index (χ3n) is 4.50. The Morgan fingerprint density at radius 3 is 3.00 bits per heavy atom. The smallest absolute Gasteiger partial charge is 0.267 e. The lowest BCUT2D eigenvalue weighted by Crippen LogP contribution is -2.30. The van der Waals surface area contributed by atoms with Crippen molar-refractivity contribution in [3.63, 3.8) is 0 Å². The second-order valence-corrected chi connectivity index (χ2v) is 5.87. The fourth-order valence-corrected chi connectivity index (χ4v) is 3.15. The molecule has 4 heteroatoms. The van der Waals surface area contributed by atoms with E-state index in [2.05, 4.69) is 17.2 Å². The van der Waals surface area contributed by atoms with Crippen molar-refractivity contribution < 1.29 is 4.79 Å². The van der Waals surface area contributed by atoms with Crippen LogP contribution in [0.3, 0.4) is 0 Å². The van der Waals surface area contributed by atoms with Gasteiger partial charge in [0, 0.05) is 11.9 Å². The molecule has 0 bridgehead atoms. The lowest BCUT2D eigenvalue weighted by atomic mass is 9.98. The number of aromatic amines is 1. The van der Waals surface area contributed by atoms with E-state index in [0.29, 0.717) is 23.2 Å². The van der Waals surface area contributed by atoms with Gasteiger partial charge >= 0.3 is 0 Å². The number of nitrogens with two attached hydrogens (primary N) is 1. The molecule has 0 radical (unpaired) electrons. The van der Waals surface area contributed by atoms with Crippen LogP contribution in [0.2, 0.25) is 0 Å². The lowest BCUT2D eigenvalue weighted by Gasteiger charge is -2.15. The monoisotopic (exact) mass is 271 g/mol. The van der Waals surface area contributed by atoms with Crippen molar-refractivity contribution in [1.82, 2.24) is 10.3 Å². The van der Waals surface area contributed by atoms with Crippen LogP contribution >= 0.6 is 0 Å². The zero-order chi connectivity index (χ0) is 14.1. The van der Waals surface area contributed by atoms with Crippen LogP contribution in [0, 0.1) is 11.8 Å². The van der Waals surface area contributed by atoms with Gasteiger partial charge in [-0.15, -0.1) is 0 Å². The van der Waals surface area contributed by atoms with Crippen molar-refractivity contribution in [2.75, 3.05) is 12.3 Å². The van der Waals surface area contributed by atoms with Gasteiger partial charge in [-0.25, -0.2) is 0 Å². The molecule has 0 saturated heterocycles. The van der Waals surface area contributed by atoms with E-state index in [1.54, 1.807) is 0 Å². The van der Waals surface area contributed by atoms with Crippen LogP contribution in [0.1, 0.15) is 36.7 Å². The minimum atomic E-state index is -0.0419. The van der Waals surface area contributed by atoms with Crippen molar-refractivity contribution in [1.29, 1.82) is 0 Å². The molecule has 4 N–H and O–H groups in total. The highest BCUT2D eigenvalue weighted by Crippen LogP contribution is 2.30. The quantitative estimate of drug-likeness (QED) is 0.751. The van der Waals surface area contributed by atoms with Crippen LogP contribution in [-0.4, -0.2) is 17.4 Å². The van der Waals surface area contributed by atoms with E-state index >= 15 is 0 Å². The Morgan fingerprint density at radius 2 is 2.30 bits per heavy atom. The normalized spacial score (nSPS) is 22.2. The summed E-state index contributed by atoms with van der Waals surface area (Å²) in [6, 6.07) is 7.55. The molecule has 1 amide bonds. The first-order valence-corrected chi connectivity index (χ1v) is 7.30. The molecule has 1 saturated carbocycles. The van der Waals surface area contributed by atoms with Crippen LogP contribution in [0.25, 0.3) is 10.9 Å². The summed E-state index contributed by atoms with van der Waals surface area (Å²) in [5.41, 5.74) is 8.00. The number of anilines is 1. The van der Waals surface area contributed by atoms with Gasteiger partial charge in [0.15, 0.2) is 0 Å². The van der Waals surface area contributed by atoms with E-state index in [1.807, 2.05) is 24.3 Å². The van der Waals surface area contributed by atoms with Crippen molar-refractivity contribution in [3.05, 3.63) is 30.0 Å². The Balaban J connectivity index is 1.71. The maximum atomic E-state index is 12.2. The highest BCUT2D eigenvalue weighted by Gasteiger charge is 2.23. The molecular formula is C16H21N3O. The summed E-state index contributed by atoms with van der Waals surface area (Å²) in [4.78, 5) is 15.3. The summed E-state index contributed by atoms with van der Waals surface area (Å²) in [5.74, 6) is 1.29. The van der Waals surface area contributed by atoms with Gasteiger partial charge in [-0.05, 0) is 30.4 Å². The van der Waals surface area contributed by atoms with Gasteiger partial charge in [0.1, 0.15) is 5.69 Å². The predicted molar refractivity (Wildman–Crippen MR) is 81.5 cm³/mol. The Labute approximate surface area is 118 Å². The summed E-state index contributed by atoms with van der Waals surface area (Å²) >= 11 is 0. The number of fused-ring (bicyclic) bond motifs is 1. The third-order valence-corrected chi connectivity index (χ3v) is 4.50. The van der Waals surface area contributed by atoms with Crippen LogP contribution in [-0.2, 0) is 0 Å². The molecule has 1 fully saturated rings. The van der Waals surface area contributed by atoms with Crippen LogP contribution in [0.4, 0.5) is 5.69 Å².